The van der Waals surface area contributed by atoms with Crippen LogP contribution in [-0.2, 0) is 19.1 Å². The minimum absolute atomic E-state index is 0.0605. The van der Waals surface area contributed by atoms with Crippen LogP contribution in [0.2, 0.25) is 0 Å². The van der Waals surface area contributed by atoms with E-state index in [4.69, 9.17) is 9.47 Å². The number of phenolic OH excluding ortho intramolecular Hbond substituents is 1. The van der Waals surface area contributed by atoms with Crippen LogP contribution >= 0.6 is 0 Å². The average molecular weight is 505 g/mol. The van der Waals surface area contributed by atoms with Crippen LogP contribution in [0.4, 0.5) is 5.69 Å². The topological polar surface area (TPSA) is 88.1 Å². The number of hydrogen-bond donors (Lipinski definition) is 2. The van der Waals surface area contributed by atoms with E-state index in [9.17, 15) is 14.7 Å². The number of carbonyl (C=O) groups excluding carboxylic acids is 2. The molecule has 2 heterocycles. The van der Waals surface area contributed by atoms with Crippen molar-refractivity contribution in [2.75, 3.05) is 31.2 Å². The molecular weight excluding hydrogens is 468 g/mol. The number of Topliss-reactive ketones (excluding diaryl/α,β-unsaturated/α-hetero) is 1. The molecule has 1 atom stereocenters. The maximum Gasteiger partial charge on any atom is 0.336 e. The Labute approximate surface area is 218 Å². The van der Waals surface area contributed by atoms with Gasteiger partial charge in [0.05, 0.1) is 43.7 Å². The fourth-order valence-corrected chi connectivity index (χ4v) is 5.45. The first-order valence-corrected chi connectivity index (χ1v) is 12.8. The molecule has 37 heavy (non-hydrogen) atoms. The maximum absolute atomic E-state index is 13.9. The smallest absolute Gasteiger partial charge is 0.336 e. The Hall–Kier alpha value is -3.58. The molecular formula is C30H36N2O5. The first-order valence-electron chi connectivity index (χ1n) is 12.8. The van der Waals surface area contributed by atoms with Crippen LogP contribution in [-0.4, -0.2) is 49.3 Å². The molecule has 2 aliphatic heterocycles. The van der Waals surface area contributed by atoms with Crippen molar-refractivity contribution in [3.8, 4) is 5.75 Å². The van der Waals surface area contributed by atoms with Crippen LogP contribution in [0.1, 0.15) is 48.9 Å². The molecule has 2 N–H and O–H groups in total. The van der Waals surface area contributed by atoms with Crippen molar-refractivity contribution in [1.29, 1.82) is 0 Å². The number of phenols is 1. The lowest BCUT2D eigenvalue weighted by molar-refractivity contribution is -0.139. The van der Waals surface area contributed by atoms with Crippen molar-refractivity contribution in [1.82, 2.24) is 5.32 Å². The van der Waals surface area contributed by atoms with Gasteiger partial charge in [-0.25, -0.2) is 4.79 Å². The van der Waals surface area contributed by atoms with E-state index in [-0.39, 0.29) is 37.4 Å². The SMILES string of the molecule is CCOC(=O)C1=C(COC(C)C)NC2=C(C(=O)CN(c3c(C)cc(C)cc3C)C2)C1c1cccc(O)c1. The number of dihydropyridines is 1. The van der Waals surface area contributed by atoms with E-state index in [0.717, 1.165) is 22.5 Å². The Morgan fingerprint density at radius 1 is 1.14 bits per heavy atom. The fourth-order valence-electron chi connectivity index (χ4n) is 5.45. The second-order valence-corrected chi connectivity index (χ2v) is 10.0. The lowest BCUT2D eigenvalue weighted by Gasteiger charge is -2.40. The van der Waals surface area contributed by atoms with Crippen LogP contribution < -0.4 is 10.2 Å². The number of rotatable bonds is 7. The standard InChI is InChI=1S/C30H36N2O5/c1-7-36-30(35)28-24(16-37-17(2)3)31-23-14-32(29-19(5)11-18(4)12-20(29)6)15-25(34)27(23)26(28)21-9-8-10-22(33)13-21/h8-13,17,26,31,33H,7,14-16H2,1-6H3. The molecule has 0 aromatic heterocycles. The largest absolute Gasteiger partial charge is 0.508 e. The zero-order valence-electron chi connectivity index (χ0n) is 22.5. The van der Waals surface area contributed by atoms with Crippen LogP contribution in [0, 0.1) is 20.8 Å². The summed E-state index contributed by atoms with van der Waals surface area (Å²) in [6.45, 7) is 12.8. The molecule has 2 aliphatic rings. The highest BCUT2D eigenvalue weighted by Gasteiger charge is 2.42. The van der Waals surface area contributed by atoms with Gasteiger partial charge in [0, 0.05) is 22.9 Å². The van der Waals surface area contributed by atoms with Crippen molar-refractivity contribution in [2.45, 2.75) is 53.6 Å². The summed E-state index contributed by atoms with van der Waals surface area (Å²) in [5.74, 6) is -1.19. The summed E-state index contributed by atoms with van der Waals surface area (Å²) in [5.41, 5.74) is 7.28. The van der Waals surface area contributed by atoms with Crippen LogP contribution in [0.25, 0.3) is 0 Å². The maximum atomic E-state index is 13.9. The molecule has 0 fully saturated rings. The zero-order valence-corrected chi connectivity index (χ0v) is 22.5. The van der Waals surface area contributed by atoms with Gasteiger partial charge in [-0.05, 0) is 70.4 Å². The van der Waals surface area contributed by atoms with Gasteiger partial charge in [0.15, 0.2) is 5.78 Å². The number of nitrogens with zero attached hydrogens (tertiary/aromatic N) is 1. The number of esters is 1. The molecule has 4 rings (SSSR count). The van der Waals surface area contributed by atoms with Gasteiger partial charge < -0.3 is 24.8 Å². The summed E-state index contributed by atoms with van der Waals surface area (Å²) in [5, 5.41) is 13.7. The van der Waals surface area contributed by atoms with E-state index in [2.05, 4.69) is 43.1 Å². The quantitative estimate of drug-likeness (QED) is 0.533. The molecule has 0 amide bonds. The predicted octanol–water partition coefficient (Wildman–Crippen LogP) is 4.59. The third kappa shape index (κ3) is 5.42. The van der Waals surface area contributed by atoms with E-state index in [0.29, 0.717) is 29.0 Å². The molecule has 0 spiro atoms. The number of benzene rings is 2. The first-order chi connectivity index (χ1) is 17.6. The van der Waals surface area contributed by atoms with Gasteiger partial charge in [-0.15, -0.1) is 0 Å². The molecule has 0 bridgehead atoms. The molecule has 0 aliphatic carbocycles. The van der Waals surface area contributed by atoms with Crippen molar-refractivity contribution in [3.05, 3.63) is 81.2 Å². The molecule has 7 nitrogen and oxygen atoms in total. The third-order valence-corrected chi connectivity index (χ3v) is 6.72. The Kier molecular flexibility index (Phi) is 7.73. The summed E-state index contributed by atoms with van der Waals surface area (Å²) in [6, 6.07) is 11.0. The summed E-state index contributed by atoms with van der Waals surface area (Å²) in [7, 11) is 0. The minimum atomic E-state index is -0.678. The molecule has 1 unspecified atom stereocenters. The van der Waals surface area contributed by atoms with E-state index < -0.39 is 11.9 Å². The second kappa shape index (κ2) is 10.8. The number of aromatic hydroxyl groups is 1. The number of anilines is 1. The van der Waals surface area contributed by atoms with Gasteiger partial charge in [0.2, 0.25) is 0 Å². The number of carbonyl (C=O) groups is 2. The summed E-state index contributed by atoms with van der Waals surface area (Å²) in [4.78, 5) is 29.3. The van der Waals surface area contributed by atoms with Crippen molar-refractivity contribution < 1.29 is 24.2 Å². The van der Waals surface area contributed by atoms with Crippen molar-refractivity contribution >= 4 is 17.4 Å². The van der Waals surface area contributed by atoms with E-state index in [1.54, 1.807) is 25.1 Å². The van der Waals surface area contributed by atoms with Gasteiger partial charge >= 0.3 is 5.97 Å². The predicted molar refractivity (Wildman–Crippen MR) is 144 cm³/mol. The number of ketones is 1. The molecule has 2 aromatic carbocycles. The zero-order chi connectivity index (χ0) is 26.9. The Bertz CT molecular complexity index is 1270. The molecule has 196 valence electrons. The number of ether oxygens (including phenoxy) is 2. The van der Waals surface area contributed by atoms with Crippen molar-refractivity contribution in [2.24, 2.45) is 0 Å². The highest BCUT2D eigenvalue weighted by atomic mass is 16.5. The summed E-state index contributed by atoms with van der Waals surface area (Å²) < 4.78 is 11.4. The fraction of sp³-hybridized carbons (Fsp3) is 0.400. The van der Waals surface area contributed by atoms with Crippen LogP contribution in [0.15, 0.2) is 58.9 Å². The van der Waals surface area contributed by atoms with Gasteiger partial charge in [-0.2, -0.15) is 0 Å². The normalized spacial score (nSPS) is 17.8. The third-order valence-electron chi connectivity index (χ3n) is 6.72. The second-order valence-electron chi connectivity index (χ2n) is 10.0. The summed E-state index contributed by atoms with van der Waals surface area (Å²) >= 11 is 0. The first kappa shape index (κ1) is 26.5. The number of hydrogen-bond acceptors (Lipinski definition) is 7. The van der Waals surface area contributed by atoms with Crippen LogP contribution in [0.3, 0.4) is 0 Å². The Morgan fingerprint density at radius 3 is 2.46 bits per heavy atom. The van der Waals surface area contributed by atoms with Crippen molar-refractivity contribution in [3.63, 3.8) is 0 Å². The molecule has 0 saturated heterocycles. The Balaban J connectivity index is 1.86. The minimum Gasteiger partial charge on any atom is -0.508 e. The highest BCUT2D eigenvalue weighted by Crippen LogP contribution is 2.42. The summed E-state index contributed by atoms with van der Waals surface area (Å²) in [6.07, 6.45) is -0.0605. The van der Waals surface area contributed by atoms with Gasteiger partial charge in [-0.1, -0.05) is 29.8 Å². The van der Waals surface area contributed by atoms with E-state index in [1.165, 1.54) is 5.56 Å². The average Bonchev–Trinajstić information content (AvgIpc) is 2.81. The van der Waals surface area contributed by atoms with Gasteiger partial charge in [0.1, 0.15) is 5.75 Å². The monoisotopic (exact) mass is 504 g/mol. The lowest BCUT2D eigenvalue weighted by atomic mass is 9.77. The molecule has 7 heteroatoms. The van der Waals surface area contributed by atoms with E-state index >= 15 is 0 Å². The number of aryl methyl sites for hydroxylation is 3. The molecule has 2 aromatic rings. The number of nitrogens with one attached hydrogen (secondary N) is 1. The van der Waals surface area contributed by atoms with E-state index in [1.807, 2.05) is 19.9 Å². The highest BCUT2D eigenvalue weighted by molar-refractivity contribution is 6.06. The molecule has 0 saturated carbocycles. The van der Waals surface area contributed by atoms with Crippen LogP contribution in [0.5, 0.6) is 5.75 Å². The van der Waals surface area contributed by atoms with Gasteiger partial charge in [0.25, 0.3) is 0 Å². The van der Waals surface area contributed by atoms with Gasteiger partial charge in [-0.3, -0.25) is 4.79 Å². The Morgan fingerprint density at radius 2 is 1.84 bits per heavy atom. The lowest BCUT2D eigenvalue weighted by Crippen LogP contribution is -2.47. The molecule has 0 radical (unpaired) electrons.